The fraction of sp³-hybridized carbons (Fsp3) is 0.211. The molecule has 0 saturated heterocycles. The van der Waals surface area contributed by atoms with Gasteiger partial charge in [-0.2, -0.15) is 44.3 Å². The average molecular weight is 557 g/mol. The second kappa shape index (κ2) is 10.2. The Balaban J connectivity index is 1.63. The van der Waals surface area contributed by atoms with Crippen LogP contribution in [-0.4, -0.2) is 31.2 Å². The first kappa shape index (κ1) is 27.6. The maximum Gasteiger partial charge on any atom is 0.417 e. The molecule has 0 radical (unpaired) electrons. The zero-order valence-electron chi connectivity index (χ0n) is 17.8. The summed E-state index contributed by atoms with van der Waals surface area (Å²) in [4.78, 5) is 12.7. The summed E-state index contributed by atoms with van der Waals surface area (Å²) in [6.45, 7) is -0.682. The van der Waals surface area contributed by atoms with E-state index in [-0.39, 0.29) is 11.6 Å². The number of carbonyl (C=O) groups excluding carboxylic acids is 1. The van der Waals surface area contributed by atoms with Gasteiger partial charge in [-0.25, -0.2) is 0 Å². The van der Waals surface area contributed by atoms with Crippen molar-refractivity contribution in [2.24, 2.45) is 0 Å². The third-order valence-corrected chi connectivity index (χ3v) is 4.58. The first-order chi connectivity index (χ1) is 17.0. The first-order valence-corrected chi connectivity index (χ1v) is 10.0. The van der Waals surface area contributed by atoms with Crippen molar-refractivity contribution in [1.29, 1.82) is 0 Å². The van der Waals surface area contributed by atoms with Crippen LogP contribution in [0.1, 0.15) is 16.7 Å². The number of hydrogen-bond donors (Lipinski definition) is 3. The monoisotopic (exact) mass is 557 g/mol. The summed E-state index contributed by atoms with van der Waals surface area (Å²) < 4.78 is 117. The highest BCUT2D eigenvalue weighted by atomic mass is 32.1. The topological polar surface area (TPSA) is 96.8 Å². The third kappa shape index (κ3) is 7.28. The normalized spacial score (nSPS) is 12.2. The SMILES string of the molecule is O=C(Cn1nnc(-c2ccccc2C(F)(F)F)n1)NNC(=S)Nc1cc(C(F)(F)F)cc(C(F)(F)F)c1. The van der Waals surface area contributed by atoms with Gasteiger partial charge in [0.25, 0.3) is 5.91 Å². The van der Waals surface area contributed by atoms with Gasteiger partial charge in [0.2, 0.25) is 5.82 Å². The summed E-state index contributed by atoms with van der Waals surface area (Å²) in [5.41, 5.74) is -1.22. The van der Waals surface area contributed by atoms with Gasteiger partial charge in [0.15, 0.2) is 5.11 Å². The lowest BCUT2D eigenvalue weighted by Crippen LogP contribution is -2.45. The molecule has 0 aliphatic heterocycles. The lowest BCUT2D eigenvalue weighted by Gasteiger charge is -2.16. The highest BCUT2D eigenvalue weighted by Gasteiger charge is 2.37. The zero-order valence-corrected chi connectivity index (χ0v) is 18.6. The molecule has 0 aliphatic rings. The summed E-state index contributed by atoms with van der Waals surface area (Å²) in [6, 6.07) is 5.08. The molecule has 3 N–H and O–H groups in total. The number of hydrazine groups is 1. The van der Waals surface area contributed by atoms with Crippen LogP contribution in [-0.2, 0) is 29.9 Å². The zero-order chi connectivity index (χ0) is 27.6. The van der Waals surface area contributed by atoms with E-state index < -0.39 is 64.3 Å². The maximum absolute atomic E-state index is 13.2. The molecule has 37 heavy (non-hydrogen) atoms. The number of nitrogens with zero attached hydrogens (tertiary/aromatic N) is 4. The molecule has 18 heteroatoms. The van der Waals surface area contributed by atoms with Gasteiger partial charge in [0.05, 0.1) is 16.7 Å². The van der Waals surface area contributed by atoms with Crippen molar-refractivity contribution in [2.45, 2.75) is 25.1 Å². The number of tetrazole rings is 1. The van der Waals surface area contributed by atoms with Crippen molar-refractivity contribution in [1.82, 2.24) is 31.1 Å². The van der Waals surface area contributed by atoms with Crippen LogP contribution in [0.15, 0.2) is 42.5 Å². The molecular weight excluding hydrogens is 545 g/mol. The van der Waals surface area contributed by atoms with Crippen LogP contribution in [0.5, 0.6) is 0 Å². The van der Waals surface area contributed by atoms with Crippen LogP contribution in [0.2, 0.25) is 0 Å². The van der Waals surface area contributed by atoms with Crippen LogP contribution in [0.4, 0.5) is 45.2 Å². The van der Waals surface area contributed by atoms with Gasteiger partial charge in [-0.05, 0) is 41.7 Å². The van der Waals surface area contributed by atoms with E-state index in [0.29, 0.717) is 16.9 Å². The average Bonchev–Trinajstić information content (AvgIpc) is 3.24. The summed E-state index contributed by atoms with van der Waals surface area (Å²) in [7, 11) is 0. The predicted molar refractivity (Wildman–Crippen MR) is 112 cm³/mol. The molecule has 0 saturated carbocycles. The Labute approximate surface area is 205 Å². The van der Waals surface area contributed by atoms with Gasteiger partial charge in [0, 0.05) is 11.3 Å². The molecule has 1 aromatic heterocycles. The molecule has 0 spiro atoms. The van der Waals surface area contributed by atoms with Crippen LogP contribution in [0.3, 0.4) is 0 Å². The minimum absolute atomic E-state index is 0.0735. The molecule has 1 heterocycles. The first-order valence-electron chi connectivity index (χ1n) is 9.64. The van der Waals surface area contributed by atoms with E-state index in [9.17, 15) is 44.3 Å². The molecule has 2 aromatic carbocycles. The van der Waals surface area contributed by atoms with E-state index in [2.05, 4.69) is 26.2 Å². The maximum atomic E-state index is 13.2. The van der Waals surface area contributed by atoms with Gasteiger partial charge in [-0.3, -0.25) is 15.6 Å². The third-order valence-electron chi connectivity index (χ3n) is 4.37. The molecule has 1 amide bonds. The molecule has 0 atom stereocenters. The van der Waals surface area contributed by atoms with Gasteiger partial charge in [-0.1, -0.05) is 18.2 Å². The Morgan fingerprint density at radius 3 is 2.03 bits per heavy atom. The number of anilines is 1. The van der Waals surface area contributed by atoms with Crippen molar-refractivity contribution >= 4 is 28.9 Å². The highest BCUT2D eigenvalue weighted by molar-refractivity contribution is 7.80. The molecule has 198 valence electrons. The molecule has 8 nitrogen and oxygen atoms in total. The second-order valence-electron chi connectivity index (χ2n) is 7.11. The number of benzene rings is 2. The lowest BCUT2D eigenvalue weighted by molar-refractivity contribution is -0.143. The molecule has 3 rings (SSSR count). The second-order valence-corrected chi connectivity index (χ2v) is 7.52. The van der Waals surface area contributed by atoms with Crippen molar-refractivity contribution in [3.05, 3.63) is 59.2 Å². The van der Waals surface area contributed by atoms with Crippen LogP contribution >= 0.6 is 12.2 Å². The molecule has 0 fully saturated rings. The highest BCUT2D eigenvalue weighted by Crippen LogP contribution is 2.38. The number of amides is 1. The minimum atomic E-state index is -5.08. The van der Waals surface area contributed by atoms with E-state index in [1.54, 1.807) is 0 Å². The largest absolute Gasteiger partial charge is 0.417 e. The van der Waals surface area contributed by atoms with Gasteiger partial charge in [0.1, 0.15) is 6.54 Å². The molecular formula is C19H12F9N7OS. The molecule has 0 unspecified atom stereocenters. The number of hydrogen-bond acceptors (Lipinski definition) is 5. The summed E-state index contributed by atoms with van der Waals surface area (Å²) in [6.07, 6.45) is -14.9. The van der Waals surface area contributed by atoms with E-state index >= 15 is 0 Å². The quantitative estimate of drug-likeness (QED) is 0.249. The van der Waals surface area contributed by atoms with Crippen LogP contribution in [0, 0.1) is 0 Å². The van der Waals surface area contributed by atoms with Crippen LogP contribution in [0.25, 0.3) is 11.4 Å². The number of thiocarbonyl (C=S) groups is 1. The Morgan fingerprint density at radius 1 is 0.865 bits per heavy atom. The minimum Gasteiger partial charge on any atom is -0.331 e. The van der Waals surface area contributed by atoms with Crippen molar-refractivity contribution in [2.75, 3.05) is 5.32 Å². The van der Waals surface area contributed by atoms with Crippen molar-refractivity contribution in [3.8, 4) is 11.4 Å². The standard InChI is InChI=1S/C19H12F9N7OS/c20-17(21,22)9-5-10(18(23,24)25)7-11(6-9)29-16(37)32-30-14(36)8-35-33-15(31-34-35)12-3-1-2-4-13(12)19(26,27)28/h1-7H,8H2,(H,30,36)(H2,29,32,37). The number of nitrogens with one attached hydrogen (secondary N) is 3. The fourth-order valence-corrected chi connectivity index (χ4v) is 3.00. The van der Waals surface area contributed by atoms with E-state index in [0.717, 1.165) is 18.2 Å². The summed E-state index contributed by atoms with van der Waals surface area (Å²) in [5.74, 6) is -1.35. The Morgan fingerprint density at radius 2 is 1.46 bits per heavy atom. The van der Waals surface area contributed by atoms with Crippen molar-refractivity contribution < 1.29 is 44.3 Å². The molecule has 0 aliphatic carbocycles. The van der Waals surface area contributed by atoms with Crippen LogP contribution < -0.4 is 16.2 Å². The fourth-order valence-electron chi connectivity index (χ4n) is 2.83. The van der Waals surface area contributed by atoms with Gasteiger partial charge in [-0.15, -0.1) is 10.2 Å². The number of rotatable bonds is 4. The number of aromatic nitrogens is 4. The van der Waals surface area contributed by atoms with Gasteiger partial charge >= 0.3 is 18.5 Å². The predicted octanol–water partition coefficient (Wildman–Crippen LogP) is 4.41. The van der Waals surface area contributed by atoms with E-state index in [4.69, 9.17) is 12.2 Å². The summed E-state index contributed by atoms with van der Waals surface area (Å²) >= 11 is 4.75. The molecule has 3 aromatic rings. The van der Waals surface area contributed by atoms with Gasteiger partial charge < -0.3 is 5.32 Å². The Bertz CT molecular complexity index is 1270. The van der Waals surface area contributed by atoms with E-state index in [1.807, 2.05) is 5.43 Å². The Kier molecular flexibility index (Phi) is 7.61. The number of alkyl halides is 9. The Hall–Kier alpha value is -3.96. The molecule has 0 bridgehead atoms. The summed E-state index contributed by atoms with van der Waals surface area (Å²) in [5, 5.41) is 12.2. The number of halogens is 9. The lowest BCUT2D eigenvalue weighted by atomic mass is 10.1. The van der Waals surface area contributed by atoms with E-state index in [1.165, 1.54) is 6.07 Å². The van der Waals surface area contributed by atoms with Crippen molar-refractivity contribution in [3.63, 3.8) is 0 Å². The number of carbonyl (C=O) groups is 1. The smallest absolute Gasteiger partial charge is 0.331 e.